The Morgan fingerprint density at radius 1 is 1.27 bits per heavy atom. The Bertz CT molecular complexity index is 536. The van der Waals surface area contributed by atoms with E-state index in [9.17, 15) is 4.39 Å². The van der Waals surface area contributed by atoms with E-state index >= 15 is 0 Å². The van der Waals surface area contributed by atoms with Gasteiger partial charge in [-0.05, 0) is 44.9 Å². The molecule has 2 N–H and O–H groups in total. The molecule has 0 unspecified atom stereocenters. The van der Waals surface area contributed by atoms with Crippen LogP contribution in [0.5, 0.6) is 0 Å². The summed E-state index contributed by atoms with van der Waals surface area (Å²) >= 11 is 1.51. The topological polar surface area (TPSA) is 39.7 Å². The van der Waals surface area contributed by atoms with E-state index < -0.39 is 0 Å². The van der Waals surface area contributed by atoms with Crippen molar-refractivity contribution in [2.24, 2.45) is 4.99 Å². The van der Waals surface area contributed by atoms with Gasteiger partial charge in [0.15, 0.2) is 5.96 Å². The minimum absolute atomic E-state index is 0. The van der Waals surface area contributed by atoms with Crippen molar-refractivity contribution in [3.63, 3.8) is 0 Å². The second-order valence-corrected chi connectivity index (χ2v) is 7.44. The SMILES string of the molecule is CCCN1CCC(NC(=NCCSc2ccccc2F)NCC)CC1.I. The Labute approximate surface area is 178 Å². The highest BCUT2D eigenvalue weighted by Crippen LogP contribution is 2.20. The van der Waals surface area contributed by atoms with E-state index in [1.165, 1.54) is 30.8 Å². The second kappa shape index (κ2) is 13.6. The summed E-state index contributed by atoms with van der Waals surface area (Å²) < 4.78 is 13.6. The highest BCUT2D eigenvalue weighted by molar-refractivity contribution is 14.0. The van der Waals surface area contributed by atoms with E-state index in [2.05, 4.69) is 34.4 Å². The van der Waals surface area contributed by atoms with E-state index in [0.717, 1.165) is 44.2 Å². The molecule has 1 fully saturated rings. The molecule has 1 aliphatic heterocycles. The first-order valence-electron chi connectivity index (χ1n) is 9.37. The number of thioether (sulfide) groups is 1. The third-order valence-corrected chi connectivity index (χ3v) is 5.30. The minimum Gasteiger partial charge on any atom is -0.357 e. The van der Waals surface area contributed by atoms with Gasteiger partial charge in [0.2, 0.25) is 0 Å². The van der Waals surface area contributed by atoms with Gasteiger partial charge in [0.25, 0.3) is 0 Å². The van der Waals surface area contributed by atoms with Gasteiger partial charge in [-0.25, -0.2) is 4.39 Å². The average Bonchev–Trinajstić information content (AvgIpc) is 2.62. The standard InChI is InChI=1S/C19H31FN4S.HI/c1-3-12-24-13-9-16(10-14-24)23-19(21-4-2)22-11-15-25-18-8-6-5-7-17(18)20;/h5-8,16H,3-4,9-15H2,1-2H3,(H2,21,22,23);1H. The van der Waals surface area contributed by atoms with Gasteiger partial charge in [0.1, 0.15) is 5.82 Å². The summed E-state index contributed by atoms with van der Waals surface area (Å²) in [5.41, 5.74) is 0. The third-order valence-electron chi connectivity index (χ3n) is 4.27. The number of guanidine groups is 1. The molecule has 1 aromatic carbocycles. The van der Waals surface area contributed by atoms with Crippen LogP contribution in [0.15, 0.2) is 34.2 Å². The molecular weight excluding hydrogens is 462 g/mol. The summed E-state index contributed by atoms with van der Waals surface area (Å²) in [5, 5.41) is 6.88. The molecule has 1 aliphatic rings. The van der Waals surface area contributed by atoms with Gasteiger partial charge in [-0.2, -0.15) is 0 Å². The van der Waals surface area contributed by atoms with Gasteiger partial charge < -0.3 is 15.5 Å². The Kier molecular flexibility index (Phi) is 12.3. The average molecular weight is 494 g/mol. The predicted molar refractivity (Wildman–Crippen MR) is 121 cm³/mol. The highest BCUT2D eigenvalue weighted by atomic mass is 127. The monoisotopic (exact) mass is 494 g/mol. The molecule has 26 heavy (non-hydrogen) atoms. The van der Waals surface area contributed by atoms with Crippen molar-refractivity contribution >= 4 is 41.7 Å². The second-order valence-electron chi connectivity index (χ2n) is 6.30. The quantitative estimate of drug-likeness (QED) is 0.189. The van der Waals surface area contributed by atoms with E-state index in [1.54, 1.807) is 6.07 Å². The van der Waals surface area contributed by atoms with Gasteiger partial charge in [-0.15, -0.1) is 35.7 Å². The molecule has 0 radical (unpaired) electrons. The number of piperidine rings is 1. The van der Waals surface area contributed by atoms with Crippen molar-refractivity contribution in [2.75, 3.05) is 38.5 Å². The fourth-order valence-electron chi connectivity index (χ4n) is 3.01. The molecule has 0 aliphatic carbocycles. The molecule has 0 atom stereocenters. The van der Waals surface area contributed by atoms with E-state index in [1.807, 2.05) is 12.1 Å². The molecule has 0 bridgehead atoms. The fourth-order valence-corrected chi connectivity index (χ4v) is 3.79. The number of halogens is 2. The molecule has 2 rings (SSSR count). The van der Waals surface area contributed by atoms with Crippen LogP contribution in [0, 0.1) is 5.82 Å². The maximum Gasteiger partial charge on any atom is 0.191 e. The number of rotatable bonds is 8. The van der Waals surface area contributed by atoms with Crippen LogP contribution < -0.4 is 10.6 Å². The maximum atomic E-state index is 13.6. The first kappa shape index (κ1) is 23.5. The Hall–Kier alpha value is -0.540. The van der Waals surface area contributed by atoms with Crippen LogP contribution in [-0.4, -0.2) is 55.4 Å². The van der Waals surface area contributed by atoms with Crippen molar-refractivity contribution in [3.05, 3.63) is 30.1 Å². The minimum atomic E-state index is -0.152. The lowest BCUT2D eigenvalue weighted by molar-refractivity contribution is 0.206. The first-order chi connectivity index (χ1) is 12.2. The zero-order valence-corrected chi connectivity index (χ0v) is 19.0. The van der Waals surface area contributed by atoms with Crippen LogP contribution >= 0.6 is 35.7 Å². The zero-order valence-electron chi connectivity index (χ0n) is 15.8. The summed E-state index contributed by atoms with van der Waals surface area (Å²) in [4.78, 5) is 7.87. The summed E-state index contributed by atoms with van der Waals surface area (Å²) in [6.45, 7) is 9.36. The van der Waals surface area contributed by atoms with Crippen molar-refractivity contribution in [1.82, 2.24) is 15.5 Å². The van der Waals surface area contributed by atoms with E-state index in [0.29, 0.717) is 17.5 Å². The third kappa shape index (κ3) is 8.43. The van der Waals surface area contributed by atoms with E-state index in [-0.39, 0.29) is 29.8 Å². The molecule has 0 amide bonds. The lowest BCUT2D eigenvalue weighted by Gasteiger charge is -2.32. The number of aliphatic imine (C=N–C) groups is 1. The highest BCUT2D eigenvalue weighted by Gasteiger charge is 2.19. The first-order valence-corrected chi connectivity index (χ1v) is 10.4. The molecule has 0 aromatic heterocycles. The molecule has 7 heteroatoms. The fraction of sp³-hybridized carbons (Fsp3) is 0.632. The number of hydrogen-bond acceptors (Lipinski definition) is 3. The van der Waals surface area contributed by atoms with Crippen molar-refractivity contribution in [1.29, 1.82) is 0 Å². The Morgan fingerprint density at radius 2 is 2.00 bits per heavy atom. The summed E-state index contributed by atoms with van der Waals surface area (Å²) in [6.07, 6.45) is 3.55. The normalized spacial score (nSPS) is 16.2. The number of hydrogen-bond donors (Lipinski definition) is 2. The van der Waals surface area contributed by atoms with Crippen LogP contribution in [0.4, 0.5) is 4.39 Å². The number of nitrogens with zero attached hydrogens (tertiary/aromatic N) is 2. The molecule has 1 aromatic rings. The molecule has 4 nitrogen and oxygen atoms in total. The molecule has 1 saturated heterocycles. The largest absolute Gasteiger partial charge is 0.357 e. The van der Waals surface area contributed by atoms with Crippen LogP contribution in [0.2, 0.25) is 0 Å². The summed E-state index contributed by atoms with van der Waals surface area (Å²) in [5.74, 6) is 1.50. The Balaban J connectivity index is 0.00000338. The van der Waals surface area contributed by atoms with Crippen molar-refractivity contribution < 1.29 is 4.39 Å². The number of likely N-dealkylation sites (tertiary alicyclic amines) is 1. The van der Waals surface area contributed by atoms with Crippen LogP contribution in [0.25, 0.3) is 0 Å². The molecule has 148 valence electrons. The van der Waals surface area contributed by atoms with Gasteiger partial charge >= 0.3 is 0 Å². The number of benzene rings is 1. The predicted octanol–water partition coefficient (Wildman–Crippen LogP) is 3.97. The smallest absolute Gasteiger partial charge is 0.191 e. The van der Waals surface area contributed by atoms with E-state index in [4.69, 9.17) is 0 Å². The molecule has 1 heterocycles. The molecule has 0 spiro atoms. The van der Waals surface area contributed by atoms with Crippen LogP contribution in [-0.2, 0) is 0 Å². The van der Waals surface area contributed by atoms with Gasteiger partial charge in [-0.3, -0.25) is 4.99 Å². The van der Waals surface area contributed by atoms with Crippen LogP contribution in [0.1, 0.15) is 33.1 Å². The number of nitrogens with one attached hydrogen (secondary N) is 2. The molecular formula is C19H32FIN4S. The van der Waals surface area contributed by atoms with Gasteiger partial charge in [-0.1, -0.05) is 19.1 Å². The van der Waals surface area contributed by atoms with Gasteiger partial charge in [0.05, 0.1) is 6.54 Å². The van der Waals surface area contributed by atoms with Crippen molar-refractivity contribution in [3.8, 4) is 0 Å². The van der Waals surface area contributed by atoms with Crippen molar-refractivity contribution in [2.45, 2.75) is 44.0 Å². The summed E-state index contributed by atoms with van der Waals surface area (Å²) in [6, 6.07) is 7.39. The molecule has 0 saturated carbocycles. The van der Waals surface area contributed by atoms with Crippen LogP contribution in [0.3, 0.4) is 0 Å². The lowest BCUT2D eigenvalue weighted by Crippen LogP contribution is -2.48. The zero-order chi connectivity index (χ0) is 17.9. The lowest BCUT2D eigenvalue weighted by atomic mass is 10.1. The Morgan fingerprint density at radius 3 is 2.65 bits per heavy atom. The maximum absolute atomic E-state index is 13.6. The summed E-state index contributed by atoms with van der Waals surface area (Å²) in [7, 11) is 0. The van der Waals surface area contributed by atoms with Gasteiger partial charge in [0, 0.05) is 36.3 Å².